The van der Waals surface area contributed by atoms with E-state index in [0.29, 0.717) is 22.8 Å². The molecule has 0 aliphatic rings. The Morgan fingerprint density at radius 1 is 1.13 bits per heavy atom. The van der Waals surface area contributed by atoms with Gasteiger partial charge >= 0.3 is 12.1 Å². The Balaban J connectivity index is 1.69. The minimum absolute atomic E-state index is 0.107. The second-order valence-electron chi connectivity index (χ2n) is 6.77. The van der Waals surface area contributed by atoms with Crippen LogP contribution in [0.25, 0.3) is 17.5 Å². The molecule has 162 valence electrons. The minimum atomic E-state index is -4.40. The van der Waals surface area contributed by atoms with Crippen molar-refractivity contribution in [3.63, 3.8) is 0 Å². The quantitative estimate of drug-likeness (QED) is 0.368. The summed E-state index contributed by atoms with van der Waals surface area (Å²) in [6.45, 7) is 3.73. The van der Waals surface area contributed by atoms with E-state index in [2.05, 4.69) is 9.72 Å². The van der Waals surface area contributed by atoms with Gasteiger partial charge in [0, 0.05) is 11.6 Å². The molecule has 8 heteroatoms. The van der Waals surface area contributed by atoms with E-state index in [1.165, 1.54) is 25.3 Å². The van der Waals surface area contributed by atoms with E-state index in [0.717, 1.165) is 23.3 Å². The van der Waals surface area contributed by atoms with Gasteiger partial charge in [0.1, 0.15) is 12.4 Å². The van der Waals surface area contributed by atoms with Crippen molar-refractivity contribution < 1.29 is 31.9 Å². The summed E-state index contributed by atoms with van der Waals surface area (Å²) in [5.41, 5.74) is 2.04. The van der Waals surface area contributed by atoms with Gasteiger partial charge in [-0.15, -0.1) is 0 Å². The summed E-state index contributed by atoms with van der Waals surface area (Å²) in [6.07, 6.45) is -1.40. The Bertz CT molecular complexity index is 1100. The highest BCUT2D eigenvalue weighted by atomic mass is 19.4. The molecule has 2 aromatic carbocycles. The molecule has 0 spiro atoms. The maximum atomic E-state index is 12.7. The van der Waals surface area contributed by atoms with E-state index >= 15 is 0 Å². The number of rotatable bonds is 6. The molecule has 0 bridgehead atoms. The van der Waals surface area contributed by atoms with Gasteiger partial charge < -0.3 is 13.9 Å². The number of hydrogen-bond acceptors (Lipinski definition) is 5. The lowest BCUT2D eigenvalue weighted by atomic mass is 10.1. The van der Waals surface area contributed by atoms with Gasteiger partial charge in [0.25, 0.3) is 0 Å². The van der Waals surface area contributed by atoms with Gasteiger partial charge in [-0.25, -0.2) is 9.78 Å². The predicted octanol–water partition coefficient (Wildman–Crippen LogP) is 5.74. The lowest BCUT2D eigenvalue weighted by Crippen LogP contribution is -2.03. The largest absolute Gasteiger partial charge is 0.486 e. The number of esters is 1. The van der Waals surface area contributed by atoms with Crippen molar-refractivity contribution in [1.29, 1.82) is 0 Å². The molecule has 5 nitrogen and oxygen atoms in total. The van der Waals surface area contributed by atoms with Crippen molar-refractivity contribution in [1.82, 2.24) is 4.98 Å². The Morgan fingerprint density at radius 2 is 1.84 bits per heavy atom. The van der Waals surface area contributed by atoms with Crippen LogP contribution in [0.2, 0.25) is 0 Å². The fourth-order valence-electron chi connectivity index (χ4n) is 2.79. The number of ether oxygens (including phenoxy) is 2. The van der Waals surface area contributed by atoms with Gasteiger partial charge in [-0.05, 0) is 67.4 Å². The first kappa shape index (κ1) is 22.1. The Kier molecular flexibility index (Phi) is 6.48. The number of alkyl halides is 3. The summed E-state index contributed by atoms with van der Waals surface area (Å²) in [4.78, 5) is 15.5. The molecule has 0 aliphatic heterocycles. The molecule has 31 heavy (non-hydrogen) atoms. The van der Waals surface area contributed by atoms with Crippen LogP contribution >= 0.6 is 0 Å². The molecular formula is C23H20F3NO4. The number of carbonyl (C=O) groups is 1. The van der Waals surface area contributed by atoms with Crippen molar-refractivity contribution in [2.45, 2.75) is 26.6 Å². The highest BCUT2D eigenvalue weighted by Gasteiger charge is 2.30. The molecule has 0 unspecified atom stereocenters. The third-order valence-corrected chi connectivity index (χ3v) is 4.56. The Hall–Kier alpha value is -3.55. The molecule has 0 radical (unpaired) electrons. The van der Waals surface area contributed by atoms with Gasteiger partial charge in [0.15, 0.2) is 5.76 Å². The predicted molar refractivity (Wildman–Crippen MR) is 108 cm³/mol. The number of halogens is 3. The van der Waals surface area contributed by atoms with Crippen LogP contribution in [0.15, 0.2) is 53.0 Å². The molecule has 1 aromatic heterocycles. The number of oxazole rings is 1. The van der Waals surface area contributed by atoms with Crippen LogP contribution < -0.4 is 4.74 Å². The van der Waals surface area contributed by atoms with Crippen LogP contribution in [0.4, 0.5) is 13.2 Å². The Morgan fingerprint density at radius 3 is 2.45 bits per heavy atom. The molecule has 1 heterocycles. The zero-order valence-corrected chi connectivity index (χ0v) is 17.1. The summed E-state index contributed by atoms with van der Waals surface area (Å²) < 4.78 is 54.2. The van der Waals surface area contributed by atoms with Crippen LogP contribution in [0.5, 0.6) is 5.75 Å². The van der Waals surface area contributed by atoms with Crippen LogP contribution in [0.1, 0.15) is 28.1 Å². The third-order valence-electron chi connectivity index (χ3n) is 4.56. The summed E-state index contributed by atoms with van der Waals surface area (Å²) in [6, 6.07) is 10.0. The number of aryl methyl sites for hydroxylation is 2. The SMILES string of the molecule is COC(=O)C=Cc1ccc(OCc2oc(-c3ccc(C(F)(F)F)cc3)nc2C)cc1C. The average Bonchev–Trinajstić information content (AvgIpc) is 3.11. The van der Waals surface area contributed by atoms with E-state index in [1.54, 1.807) is 19.1 Å². The molecule has 0 N–H and O–H groups in total. The van der Waals surface area contributed by atoms with Gasteiger partial charge in [-0.2, -0.15) is 13.2 Å². The van der Waals surface area contributed by atoms with Crippen molar-refractivity contribution >= 4 is 12.0 Å². The average molecular weight is 431 g/mol. The molecule has 0 fully saturated rings. The number of hydrogen-bond donors (Lipinski definition) is 0. The first-order chi connectivity index (χ1) is 14.7. The summed E-state index contributed by atoms with van der Waals surface area (Å²) in [5, 5.41) is 0. The fourth-order valence-corrected chi connectivity index (χ4v) is 2.79. The Labute approximate surface area is 177 Å². The molecule has 3 rings (SSSR count). The van der Waals surface area contributed by atoms with Gasteiger partial charge in [-0.3, -0.25) is 0 Å². The smallest absolute Gasteiger partial charge is 0.416 e. The number of carbonyl (C=O) groups excluding carboxylic acids is 1. The van der Waals surface area contributed by atoms with Crippen molar-refractivity contribution in [2.24, 2.45) is 0 Å². The standard InChI is InChI=1S/C23H20F3NO4/c1-14-12-19(10-6-16(14)7-11-21(28)29-3)30-13-20-15(2)27-22(31-20)17-4-8-18(9-5-17)23(24,25)26/h4-12H,13H2,1-3H3. The third kappa shape index (κ3) is 5.53. The maximum Gasteiger partial charge on any atom is 0.416 e. The molecule has 0 saturated carbocycles. The molecule has 0 saturated heterocycles. The lowest BCUT2D eigenvalue weighted by molar-refractivity contribution is -0.137. The lowest BCUT2D eigenvalue weighted by Gasteiger charge is -2.08. The number of aromatic nitrogens is 1. The molecule has 0 amide bonds. The van der Waals surface area contributed by atoms with E-state index in [4.69, 9.17) is 9.15 Å². The number of methoxy groups -OCH3 is 1. The van der Waals surface area contributed by atoms with E-state index in [1.807, 2.05) is 19.1 Å². The summed E-state index contributed by atoms with van der Waals surface area (Å²) in [7, 11) is 1.31. The van der Waals surface area contributed by atoms with Gasteiger partial charge in [0.05, 0.1) is 18.4 Å². The van der Waals surface area contributed by atoms with E-state index < -0.39 is 17.7 Å². The summed E-state index contributed by atoms with van der Waals surface area (Å²) >= 11 is 0. The number of nitrogens with zero attached hydrogens (tertiary/aromatic N) is 1. The highest BCUT2D eigenvalue weighted by Crippen LogP contribution is 2.31. The molecule has 3 aromatic rings. The normalized spacial score (nSPS) is 11.7. The van der Waals surface area contributed by atoms with E-state index in [9.17, 15) is 18.0 Å². The van der Waals surface area contributed by atoms with Crippen LogP contribution in [-0.2, 0) is 22.3 Å². The highest BCUT2D eigenvalue weighted by molar-refractivity contribution is 5.87. The topological polar surface area (TPSA) is 61.6 Å². The number of benzene rings is 2. The summed E-state index contributed by atoms with van der Waals surface area (Å²) in [5.74, 6) is 0.857. The van der Waals surface area contributed by atoms with Crippen molar-refractivity contribution in [3.8, 4) is 17.2 Å². The van der Waals surface area contributed by atoms with Crippen molar-refractivity contribution in [3.05, 3.63) is 76.7 Å². The van der Waals surface area contributed by atoms with Crippen LogP contribution in [0.3, 0.4) is 0 Å². The van der Waals surface area contributed by atoms with Gasteiger partial charge in [-0.1, -0.05) is 6.07 Å². The molecule has 0 aliphatic carbocycles. The maximum absolute atomic E-state index is 12.7. The molecule has 0 atom stereocenters. The zero-order chi connectivity index (χ0) is 22.6. The van der Waals surface area contributed by atoms with Crippen LogP contribution in [0, 0.1) is 13.8 Å². The first-order valence-corrected chi connectivity index (χ1v) is 9.31. The monoisotopic (exact) mass is 431 g/mol. The second-order valence-corrected chi connectivity index (χ2v) is 6.77. The van der Waals surface area contributed by atoms with Crippen molar-refractivity contribution in [2.75, 3.05) is 7.11 Å². The zero-order valence-electron chi connectivity index (χ0n) is 17.1. The second kappa shape index (κ2) is 9.07. The first-order valence-electron chi connectivity index (χ1n) is 9.31. The minimum Gasteiger partial charge on any atom is -0.486 e. The fraction of sp³-hybridized carbons (Fsp3) is 0.217. The van der Waals surface area contributed by atoms with Gasteiger partial charge in [0.2, 0.25) is 5.89 Å². The molecular weight excluding hydrogens is 411 g/mol. The van der Waals surface area contributed by atoms with Crippen LogP contribution in [-0.4, -0.2) is 18.1 Å². The van der Waals surface area contributed by atoms with E-state index in [-0.39, 0.29) is 12.5 Å².